The number of aromatic nitrogens is 1. The van der Waals surface area contributed by atoms with E-state index in [1.54, 1.807) is 25.3 Å². The second-order valence-electron chi connectivity index (χ2n) is 3.94. The third-order valence-corrected chi connectivity index (χ3v) is 2.97. The van der Waals surface area contributed by atoms with Crippen molar-refractivity contribution in [1.29, 1.82) is 0 Å². The van der Waals surface area contributed by atoms with Gasteiger partial charge in [0.1, 0.15) is 5.75 Å². The minimum Gasteiger partial charge on any atom is -0.495 e. The quantitative estimate of drug-likeness (QED) is 0.911. The molecule has 0 atom stereocenters. The number of methoxy groups -OCH3 is 1. The monoisotopic (exact) mass is 251 g/mol. The summed E-state index contributed by atoms with van der Waals surface area (Å²) in [5.41, 5.74) is 1.70. The van der Waals surface area contributed by atoms with Gasteiger partial charge in [0.25, 0.3) is 0 Å². The summed E-state index contributed by atoms with van der Waals surface area (Å²) in [6.45, 7) is 2.07. The van der Waals surface area contributed by atoms with E-state index in [9.17, 15) is 4.79 Å². The first-order valence-electron chi connectivity index (χ1n) is 5.55. The van der Waals surface area contributed by atoms with Crippen LogP contribution >= 0.6 is 11.6 Å². The standard InChI is InChI=1S/C13H14ClNO2/c1-3-4-8-5-12(16)9-6-10(14)13(17-2)7-11(9)15-8/h5-7H,3-4H2,1-2H3,(H,15,16). The van der Waals surface area contributed by atoms with E-state index in [2.05, 4.69) is 11.9 Å². The maximum absolute atomic E-state index is 11.9. The molecule has 0 saturated heterocycles. The van der Waals surface area contributed by atoms with Gasteiger partial charge in [-0.05, 0) is 12.5 Å². The number of ether oxygens (including phenoxy) is 1. The highest BCUT2D eigenvalue weighted by molar-refractivity contribution is 6.32. The largest absolute Gasteiger partial charge is 0.495 e. The van der Waals surface area contributed by atoms with Crippen molar-refractivity contribution in [3.63, 3.8) is 0 Å². The molecule has 2 rings (SSSR count). The van der Waals surface area contributed by atoms with Crippen molar-refractivity contribution in [2.75, 3.05) is 7.11 Å². The number of fused-ring (bicyclic) bond motifs is 1. The van der Waals surface area contributed by atoms with Gasteiger partial charge in [-0.1, -0.05) is 24.9 Å². The Morgan fingerprint density at radius 1 is 1.35 bits per heavy atom. The molecule has 0 aliphatic carbocycles. The van der Waals surface area contributed by atoms with Gasteiger partial charge in [-0.2, -0.15) is 0 Å². The smallest absolute Gasteiger partial charge is 0.189 e. The zero-order valence-electron chi connectivity index (χ0n) is 9.84. The number of aromatic amines is 1. The number of aryl methyl sites for hydroxylation is 1. The molecule has 0 aliphatic rings. The molecule has 1 N–H and O–H groups in total. The Hall–Kier alpha value is -1.48. The fourth-order valence-electron chi connectivity index (χ4n) is 1.87. The highest BCUT2D eigenvalue weighted by Crippen LogP contribution is 2.27. The molecule has 0 bridgehead atoms. The molecule has 4 heteroatoms. The molecule has 1 aromatic heterocycles. The predicted molar refractivity (Wildman–Crippen MR) is 70.1 cm³/mol. The van der Waals surface area contributed by atoms with Gasteiger partial charge in [0.15, 0.2) is 5.43 Å². The van der Waals surface area contributed by atoms with Crippen molar-refractivity contribution in [3.05, 3.63) is 39.1 Å². The van der Waals surface area contributed by atoms with Crippen molar-refractivity contribution in [1.82, 2.24) is 4.98 Å². The van der Waals surface area contributed by atoms with Gasteiger partial charge in [-0.15, -0.1) is 0 Å². The van der Waals surface area contributed by atoms with Crippen LogP contribution in [0.5, 0.6) is 5.75 Å². The third kappa shape index (κ3) is 2.29. The van der Waals surface area contributed by atoms with Crippen LogP contribution in [0, 0.1) is 0 Å². The van der Waals surface area contributed by atoms with Crippen LogP contribution in [0.2, 0.25) is 5.02 Å². The Morgan fingerprint density at radius 2 is 2.12 bits per heavy atom. The Morgan fingerprint density at radius 3 is 2.76 bits per heavy atom. The van der Waals surface area contributed by atoms with E-state index < -0.39 is 0 Å². The topological polar surface area (TPSA) is 42.1 Å². The SMILES string of the molecule is CCCc1cc(=O)c2cc(Cl)c(OC)cc2[nH]1. The molecule has 2 aromatic rings. The van der Waals surface area contributed by atoms with Crippen LogP contribution in [0.3, 0.4) is 0 Å². The lowest BCUT2D eigenvalue weighted by molar-refractivity contribution is 0.415. The van der Waals surface area contributed by atoms with Gasteiger partial charge in [0.05, 0.1) is 17.6 Å². The first-order valence-corrected chi connectivity index (χ1v) is 5.93. The van der Waals surface area contributed by atoms with Gasteiger partial charge in [0, 0.05) is 23.2 Å². The number of hydrogen-bond acceptors (Lipinski definition) is 2. The lowest BCUT2D eigenvalue weighted by atomic mass is 10.1. The molecule has 0 aliphatic heterocycles. The van der Waals surface area contributed by atoms with Gasteiger partial charge in [-0.25, -0.2) is 0 Å². The van der Waals surface area contributed by atoms with Crippen molar-refractivity contribution >= 4 is 22.5 Å². The van der Waals surface area contributed by atoms with Crippen LogP contribution in [0.1, 0.15) is 19.0 Å². The molecule has 17 heavy (non-hydrogen) atoms. The number of H-pyrrole nitrogens is 1. The third-order valence-electron chi connectivity index (χ3n) is 2.68. The summed E-state index contributed by atoms with van der Waals surface area (Å²) >= 11 is 6.00. The highest BCUT2D eigenvalue weighted by Gasteiger charge is 2.07. The molecule has 90 valence electrons. The molecule has 0 saturated carbocycles. The van der Waals surface area contributed by atoms with Gasteiger partial charge in [0.2, 0.25) is 0 Å². The second kappa shape index (κ2) is 4.80. The minimum absolute atomic E-state index is 0.00764. The number of rotatable bonds is 3. The number of pyridine rings is 1. The van der Waals surface area contributed by atoms with Crippen molar-refractivity contribution in [3.8, 4) is 5.75 Å². The average Bonchev–Trinajstić information content (AvgIpc) is 2.30. The summed E-state index contributed by atoms with van der Waals surface area (Å²) in [4.78, 5) is 15.1. The van der Waals surface area contributed by atoms with Crippen LogP contribution in [0.15, 0.2) is 23.0 Å². The maximum atomic E-state index is 11.9. The summed E-state index contributed by atoms with van der Waals surface area (Å²) < 4.78 is 5.14. The predicted octanol–water partition coefficient (Wildman–Crippen LogP) is 3.14. The van der Waals surface area contributed by atoms with E-state index in [0.29, 0.717) is 16.2 Å². The summed E-state index contributed by atoms with van der Waals surface area (Å²) in [6, 6.07) is 5.04. The van der Waals surface area contributed by atoms with Crippen molar-refractivity contribution < 1.29 is 4.74 Å². The fraction of sp³-hybridized carbons (Fsp3) is 0.308. The first-order chi connectivity index (χ1) is 8.15. The summed E-state index contributed by atoms with van der Waals surface area (Å²) in [6.07, 6.45) is 1.85. The molecule has 0 unspecified atom stereocenters. The zero-order valence-corrected chi connectivity index (χ0v) is 10.6. The first kappa shape index (κ1) is 12.0. The average molecular weight is 252 g/mol. The molecule has 0 amide bonds. The minimum atomic E-state index is -0.00764. The normalized spacial score (nSPS) is 10.8. The van der Waals surface area contributed by atoms with Crippen LogP contribution in [0.4, 0.5) is 0 Å². The van der Waals surface area contributed by atoms with Crippen LogP contribution in [0.25, 0.3) is 10.9 Å². The van der Waals surface area contributed by atoms with Crippen molar-refractivity contribution in [2.45, 2.75) is 19.8 Å². The van der Waals surface area contributed by atoms with E-state index in [1.165, 1.54) is 0 Å². The molecule has 1 heterocycles. The second-order valence-corrected chi connectivity index (χ2v) is 4.35. The molecular weight excluding hydrogens is 238 g/mol. The lowest BCUT2D eigenvalue weighted by Gasteiger charge is -2.07. The number of hydrogen-bond donors (Lipinski definition) is 1. The Kier molecular flexibility index (Phi) is 3.38. The molecule has 3 nitrogen and oxygen atoms in total. The maximum Gasteiger partial charge on any atom is 0.189 e. The van der Waals surface area contributed by atoms with E-state index in [1.807, 2.05) is 0 Å². The van der Waals surface area contributed by atoms with Crippen molar-refractivity contribution in [2.24, 2.45) is 0 Å². The molecule has 0 spiro atoms. The molecule has 1 aromatic carbocycles. The lowest BCUT2D eigenvalue weighted by Crippen LogP contribution is -2.05. The number of halogens is 1. The van der Waals surface area contributed by atoms with E-state index in [4.69, 9.17) is 16.3 Å². The highest BCUT2D eigenvalue weighted by atomic mass is 35.5. The van der Waals surface area contributed by atoms with Crippen LogP contribution < -0.4 is 10.2 Å². The molecular formula is C13H14ClNO2. The van der Waals surface area contributed by atoms with E-state index >= 15 is 0 Å². The Labute approximate surface area is 104 Å². The fourth-order valence-corrected chi connectivity index (χ4v) is 2.11. The van der Waals surface area contributed by atoms with E-state index in [-0.39, 0.29) is 5.43 Å². The summed E-state index contributed by atoms with van der Waals surface area (Å²) in [7, 11) is 1.56. The Bertz CT molecular complexity index is 604. The number of nitrogens with one attached hydrogen (secondary N) is 1. The van der Waals surface area contributed by atoms with E-state index in [0.717, 1.165) is 24.1 Å². The zero-order chi connectivity index (χ0) is 12.4. The molecule has 0 radical (unpaired) electrons. The number of benzene rings is 1. The molecule has 0 fully saturated rings. The Balaban J connectivity index is 2.69. The summed E-state index contributed by atoms with van der Waals surface area (Å²) in [5.74, 6) is 0.573. The van der Waals surface area contributed by atoms with Crippen LogP contribution in [-0.4, -0.2) is 12.1 Å². The van der Waals surface area contributed by atoms with Crippen LogP contribution in [-0.2, 0) is 6.42 Å². The van der Waals surface area contributed by atoms with Gasteiger partial charge < -0.3 is 9.72 Å². The van der Waals surface area contributed by atoms with Gasteiger partial charge >= 0.3 is 0 Å². The summed E-state index contributed by atoms with van der Waals surface area (Å²) in [5, 5.41) is 1.05. The van der Waals surface area contributed by atoms with Gasteiger partial charge in [-0.3, -0.25) is 4.79 Å².